The van der Waals surface area contributed by atoms with Gasteiger partial charge in [0.25, 0.3) is 5.91 Å². The van der Waals surface area contributed by atoms with Crippen LogP contribution in [0.15, 0.2) is 12.1 Å². The largest absolute Gasteiger partial charge is 0.493 e. The summed E-state index contributed by atoms with van der Waals surface area (Å²) in [4.78, 5) is 24.3. The van der Waals surface area contributed by atoms with Crippen LogP contribution in [-0.2, 0) is 9.53 Å². The Labute approximate surface area is 118 Å². The summed E-state index contributed by atoms with van der Waals surface area (Å²) in [5.74, 6) is -4.36. The normalized spacial score (nSPS) is 18.4. The first-order chi connectivity index (χ1) is 9.95. The first-order valence-electron chi connectivity index (χ1n) is 6.11. The second-order valence-corrected chi connectivity index (χ2v) is 4.39. The number of morpholine rings is 1. The van der Waals surface area contributed by atoms with Gasteiger partial charge in [-0.1, -0.05) is 0 Å². The van der Waals surface area contributed by atoms with Crippen molar-refractivity contribution in [1.82, 2.24) is 4.90 Å². The zero-order valence-corrected chi connectivity index (χ0v) is 11.1. The van der Waals surface area contributed by atoms with Crippen molar-refractivity contribution in [3.05, 3.63) is 29.3 Å². The number of methoxy groups -OCH3 is 1. The van der Waals surface area contributed by atoms with E-state index < -0.39 is 40.9 Å². The third kappa shape index (κ3) is 2.94. The molecule has 0 unspecified atom stereocenters. The molecule has 1 N–H and O–H groups in total. The van der Waals surface area contributed by atoms with Crippen LogP contribution in [-0.4, -0.2) is 54.8 Å². The Morgan fingerprint density at radius 1 is 1.38 bits per heavy atom. The molecule has 1 amide bonds. The molecule has 114 valence electrons. The minimum atomic E-state index is -1.22. The summed E-state index contributed by atoms with van der Waals surface area (Å²) in [6.07, 6.45) is -1.19. The predicted octanol–water partition coefficient (Wildman–Crippen LogP) is 0.899. The summed E-state index contributed by atoms with van der Waals surface area (Å²) in [6, 6.07) is 1.67. The van der Waals surface area contributed by atoms with Crippen molar-refractivity contribution in [2.45, 2.75) is 6.10 Å². The standard InChI is InChI=1S/C13H13F2NO5/c1-20-11-8(15)3-2-7(14)10(11)12(17)16-4-5-21-9(6-16)13(18)19/h2-3,9H,4-6H2,1H3,(H,18,19)/t9-/m0/s1. The van der Waals surface area contributed by atoms with Gasteiger partial charge in [0.15, 0.2) is 17.7 Å². The van der Waals surface area contributed by atoms with Crippen LogP contribution in [0.25, 0.3) is 0 Å². The van der Waals surface area contributed by atoms with Gasteiger partial charge in [-0.25, -0.2) is 13.6 Å². The summed E-state index contributed by atoms with van der Waals surface area (Å²) in [7, 11) is 1.12. The van der Waals surface area contributed by atoms with E-state index in [1.165, 1.54) is 0 Å². The highest BCUT2D eigenvalue weighted by atomic mass is 19.1. The topological polar surface area (TPSA) is 76.1 Å². The zero-order valence-electron chi connectivity index (χ0n) is 11.1. The van der Waals surface area contributed by atoms with Gasteiger partial charge in [-0.15, -0.1) is 0 Å². The van der Waals surface area contributed by atoms with Crippen molar-refractivity contribution in [3.63, 3.8) is 0 Å². The number of hydrogen-bond donors (Lipinski definition) is 1. The molecule has 21 heavy (non-hydrogen) atoms. The summed E-state index contributed by atoms with van der Waals surface area (Å²) in [5.41, 5.74) is -0.552. The number of ether oxygens (including phenoxy) is 2. The second-order valence-electron chi connectivity index (χ2n) is 4.39. The lowest BCUT2D eigenvalue weighted by atomic mass is 10.1. The van der Waals surface area contributed by atoms with Crippen LogP contribution in [0.4, 0.5) is 8.78 Å². The highest BCUT2D eigenvalue weighted by Gasteiger charge is 2.32. The Kier molecular flexibility index (Phi) is 4.37. The highest BCUT2D eigenvalue weighted by Crippen LogP contribution is 2.27. The number of carbonyl (C=O) groups is 2. The number of nitrogens with zero attached hydrogens (tertiary/aromatic N) is 1. The number of halogens is 2. The summed E-state index contributed by atoms with van der Waals surface area (Å²) < 4.78 is 37.1. The zero-order chi connectivity index (χ0) is 15.6. The van der Waals surface area contributed by atoms with Gasteiger partial charge in [-0.3, -0.25) is 4.79 Å². The summed E-state index contributed by atoms with van der Waals surface area (Å²) >= 11 is 0. The van der Waals surface area contributed by atoms with E-state index in [0.29, 0.717) is 0 Å². The highest BCUT2D eigenvalue weighted by molar-refractivity contribution is 5.97. The van der Waals surface area contributed by atoms with Gasteiger partial charge in [0.1, 0.15) is 11.4 Å². The molecule has 1 atom stereocenters. The third-order valence-electron chi connectivity index (χ3n) is 3.11. The lowest BCUT2D eigenvalue weighted by molar-refractivity contribution is -0.154. The molecule has 1 aliphatic rings. The predicted molar refractivity (Wildman–Crippen MR) is 66.2 cm³/mol. The van der Waals surface area contributed by atoms with Gasteiger partial charge in [-0.2, -0.15) is 0 Å². The maximum atomic E-state index is 13.8. The van der Waals surface area contributed by atoms with Crippen molar-refractivity contribution < 1.29 is 33.0 Å². The second kappa shape index (κ2) is 6.04. The van der Waals surface area contributed by atoms with Gasteiger partial charge in [0.2, 0.25) is 0 Å². The van der Waals surface area contributed by atoms with Crippen LogP contribution in [0, 0.1) is 11.6 Å². The number of amides is 1. The molecule has 6 nitrogen and oxygen atoms in total. The smallest absolute Gasteiger partial charge is 0.334 e. The molecule has 1 heterocycles. The van der Waals surface area contributed by atoms with Crippen LogP contribution >= 0.6 is 0 Å². The lowest BCUT2D eigenvalue weighted by Gasteiger charge is -2.31. The molecule has 0 saturated carbocycles. The Hall–Kier alpha value is -2.22. The molecule has 0 spiro atoms. The average Bonchev–Trinajstić information content (AvgIpc) is 2.48. The van der Waals surface area contributed by atoms with E-state index in [2.05, 4.69) is 0 Å². The van der Waals surface area contributed by atoms with Crippen molar-refractivity contribution in [3.8, 4) is 5.75 Å². The van der Waals surface area contributed by atoms with Gasteiger partial charge >= 0.3 is 5.97 Å². The number of carbonyl (C=O) groups excluding carboxylic acids is 1. The number of carboxylic acid groups (broad SMARTS) is 1. The number of rotatable bonds is 3. The average molecular weight is 301 g/mol. The first-order valence-corrected chi connectivity index (χ1v) is 6.11. The van der Waals surface area contributed by atoms with Gasteiger partial charge in [0.05, 0.1) is 20.3 Å². The molecular weight excluding hydrogens is 288 g/mol. The van der Waals surface area contributed by atoms with E-state index in [9.17, 15) is 18.4 Å². The number of hydrogen-bond acceptors (Lipinski definition) is 4. The SMILES string of the molecule is COc1c(F)ccc(F)c1C(=O)N1CCO[C@H](C(=O)O)C1. The van der Waals surface area contributed by atoms with Crippen molar-refractivity contribution in [2.24, 2.45) is 0 Å². The molecule has 0 bridgehead atoms. The maximum Gasteiger partial charge on any atom is 0.334 e. The molecule has 0 radical (unpaired) electrons. The van der Waals surface area contributed by atoms with Crippen LogP contribution in [0.2, 0.25) is 0 Å². The lowest BCUT2D eigenvalue weighted by Crippen LogP contribution is -2.48. The maximum absolute atomic E-state index is 13.8. The monoisotopic (exact) mass is 301 g/mol. The summed E-state index contributed by atoms with van der Waals surface area (Å²) in [5, 5.41) is 8.89. The molecular formula is C13H13F2NO5. The Morgan fingerprint density at radius 2 is 2.05 bits per heavy atom. The molecule has 1 saturated heterocycles. The van der Waals surface area contributed by atoms with Crippen molar-refractivity contribution in [1.29, 1.82) is 0 Å². The van der Waals surface area contributed by atoms with Crippen LogP contribution in [0.5, 0.6) is 5.75 Å². The quantitative estimate of drug-likeness (QED) is 0.897. The van der Waals surface area contributed by atoms with Gasteiger partial charge in [0, 0.05) is 6.54 Å². The number of benzene rings is 1. The van der Waals surface area contributed by atoms with Crippen molar-refractivity contribution >= 4 is 11.9 Å². The van der Waals surface area contributed by atoms with Crippen LogP contribution in [0.3, 0.4) is 0 Å². The first kappa shape index (κ1) is 15.2. The molecule has 8 heteroatoms. The molecule has 1 aromatic carbocycles. The molecule has 0 aliphatic carbocycles. The van der Waals surface area contributed by atoms with E-state index in [0.717, 1.165) is 24.1 Å². The number of aliphatic carboxylic acids is 1. The molecule has 1 fully saturated rings. The number of carboxylic acids is 1. The van der Waals surface area contributed by atoms with E-state index in [1.54, 1.807) is 0 Å². The van der Waals surface area contributed by atoms with Gasteiger partial charge < -0.3 is 19.5 Å². The fraction of sp³-hybridized carbons (Fsp3) is 0.385. The Morgan fingerprint density at radius 3 is 2.67 bits per heavy atom. The van der Waals surface area contributed by atoms with E-state index in [4.69, 9.17) is 14.6 Å². The van der Waals surface area contributed by atoms with E-state index in [-0.39, 0.29) is 19.7 Å². The fourth-order valence-electron chi connectivity index (χ4n) is 2.07. The van der Waals surface area contributed by atoms with Gasteiger partial charge in [-0.05, 0) is 12.1 Å². The van der Waals surface area contributed by atoms with E-state index in [1.807, 2.05) is 0 Å². The van der Waals surface area contributed by atoms with Crippen LogP contribution in [0.1, 0.15) is 10.4 Å². The minimum absolute atomic E-state index is 0.00194. The summed E-state index contributed by atoms with van der Waals surface area (Å²) in [6.45, 7) is -0.156. The minimum Gasteiger partial charge on any atom is -0.493 e. The fourth-order valence-corrected chi connectivity index (χ4v) is 2.07. The molecule has 1 aromatic rings. The van der Waals surface area contributed by atoms with Crippen molar-refractivity contribution in [2.75, 3.05) is 26.8 Å². The Balaban J connectivity index is 2.32. The third-order valence-corrected chi connectivity index (χ3v) is 3.11. The molecule has 2 rings (SSSR count). The molecule has 0 aromatic heterocycles. The molecule has 1 aliphatic heterocycles. The Bertz CT molecular complexity index is 578. The van der Waals surface area contributed by atoms with Crippen LogP contribution < -0.4 is 4.74 Å². The van der Waals surface area contributed by atoms with E-state index >= 15 is 0 Å².